The first kappa shape index (κ1) is 11.9. The highest BCUT2D eigenvalue weighted by molar-refractivity contribution is 7.87. The van der Waals surface area contributed by atoms with Crippen LogP contribution in [0.3, 0.4) is 0 Å². The van der Waals surface area contributed by atoms with Gasteiger partial charge in [0, 0.05) is 19.1 Å². The van der Waals surface area contributed by atoms with Gasteiger partial charge < -0.3 is 9.84 Å². The van der Waals surface area contributed by atoms with Crippen molar-refractivity contribution in [1.29, 1.82) is 0 Å². The molecule has 0 amide bonds. The summed E-state index contributed by atoms with van der Waals surface area (Å²) >= 11 is 0. The lowest BCUT2D eigenvalue weighted by Crippen LogP contribution is -2.49. The minimum atomic E-state index is -3.45. The molecule has 0 bridgehead atoms. The molecule has 0 aromatic rings. The van der Waals surface area contributed by atoms with E-state index in [4.69, 9.17) is 9.84 Å². The van der Waals surface area contributed by atoms with Crippen LogP contribution in [0.2, 0.25) is 0 Å². The fraction of sp³-hybridized carbons (Fsp3) is 1.00. The van der Waals surface area contributed by atoms with E-state index in [1.807, 2.05) is 0 Å². The van der Waals surface area contributed by atoms with Crippen molar-refractivity contribution in [3.05, 3.63) is 0 Å². The van der Waals surface area contributed by atoms with Gasteiger partial charge in [-0.05, 0) is 6.92 Å². The highest BCUT2D eigenvalue weighted by Crippen LogP contribution is 2.03. The molecule has 0 aromatic heterocycles. The number of rotatable bonds is 4. The lowest BCUT2D eigenvalue weighted by atomic mass is 10.4. The van der Waals surface area contributed by atoms with E-state index in [2.05, 4.69) is 4.72 Å². The Balaban J connectivity index is 2.54. The zero-order chi connectivity index (χ0) is 10.6. The maximum atomic E-state index is 11.6. The van der Waals surface area contributed by atoms with Gasteiger partial charge in [-0.15, -0.1) is 0 Å². The van der Waals surface area contributed by atoms with Crippen LogP contribution < -0.4 is 4.72 Å². The quantitative estimate of drug-likeness (QED) is 0.611. The van der Waals surface area contributed by atoms with Gasteiger partial charge in [-0.3, -0.25) is 0 Å². The van der Waals surface area contributed by atoms with E-state index in [1.54, 1.807) is 6.92 Å². The van der Waals surface area contributed by atoms with Crippen molar-refractivity contribution >= 4 is 10.2 Å². The number of nitrogens with zero attached hydrogens (tertiary/aromatic N) is 1. The highest BCUT2D eigenvalue weighted by Gasteiger charge is 2.25. The van der Waals surface area contributed by atoms with E-state index < -0.39 is 16.3 Å². The van der Waals surface area contributed by atoms with Gasteiger partial charge in [0.05, 0.1) is 19.8 Å². The molecular formula is C7H16N2O4S. The van der Waals surface area contributed by atoms with Gasteiger partial charge in [0.2, 0.25) is 0 Å². The highest BCUT2D eigenvalue weighted by atomic mass is 32.2. The van der Waals surface area contributed by atoms with Crippen molar-refractivity contribution in [2.75, 3.05) is 32.9 Å². The minimum Gasteiger partial charge on any atom is -0.395 e. The molecule has 1 atom stereocenters. The number of morpholine rings is 1. The normalized spacial score (nSPS) is 22.1. The van der Waals surface area contributed by atoms with Crippen molar-refractivity contribution < 1.29 is 18.3 Å². The Morgan fingerprint density at radius 2 is 2.07 bits per heavy atom. The van der Waals surface area contributed by atoms with Crippen LogP contribution in [0, 0.1) is 0 Å². The van der Waals surface area contributed by atoms with Gasteiger partial charge in [0.15, 0.2) is 0 Å². The number of aliphatic hydroxyl groups excluding tert-OH is 1. The van der Waals surface area contributed by atoms with Crippen molar-refractivity contribution in [3.63, 3.8) is 0 Å². The van der Waals surface area contributed by atoms with E-state index in [0.29, 0.717) is 26.3 Å². The molecule has 0 unspecified atom stereocenters. The molecule has 1 aliphatic rings. The smallest absolute Gasteiger partial charge is 0.279 e. The van der Waals surface area contributed by atoms with E-state index in [-0.39, 0.29) is 6.61 Å². The number of nitrogens with one attached hydrogen (secondary N) is 1. The van der Waals surface area contributed by atoms with Crippen LogP contribution >= 0.6 is 0 Å². The molecule has 84 valence electrons. The van der Waals surface area contributed by atoms with Gasteiger partial charge in [-0.2, -0.15) is 17.4 Å². The molecule has 1 heterocycles. The molecule has 6 nitrogen and oxygen atoms in total. The van der Waals surface area contributed by atoms with Crippen molar-refractivity contribution in [1.82, 2.24) is 9.03 Å². The van der Waals surface area contributed by atoms with Crippen LogP contribution in [0.15, 0.2) is 0 Å². The maximum absolute atomic E-state index is 11.6. The molecule has 1 fully saturated rings. The largest absolute Gasteiger partial charge is 0.395 e. The monoisotopic (exact) mass is 224 g/mol. The van der Waals surface area contributed by atoms with E-state index in [0.717, 1.165) is 0 Å². The Bertz CT molecular complexity index is 261. The number of hydrogen-bond acceptors (Lipinski definition) is 4. The summed E-state index contributed by atoms with van der Waals surface area (Å²) in [4.78, 5) is 0. The summed E-state index contributed by atoms with van der Waals surface area (Å²) in [6.45, 7) is 2.99. The van der Waals surface area contributed by atoms with Crippen molar-refractivity contribution in [2.45, 2.75) is 13.0 Å². The summed E-state index contributed by atoms with van der Waals surface area (Å²) in [7, 11) is -3.45. The van der Waals surface area contributed by atoms with Crippen LogP contribution in [0.4, 0.5) is 0 Å². The lowest BCUT2D eigenvalue weighted by molar-refractivity contribution is 0.0722. The Kier molecular flexibility index (Phi) is 4.27. The molecular weight excluding hydrogens is 208 g/mol. The zero-order valence-corrected chi connectivity index (χ0v) is 8.96. The number of ether oxygens (including phenoxy) is 1. The van der Waals surface area contributed by atoms with Crippen LogP contribution in [0.25, 0.3) is 0 Å². The van der Waals surface area contributed by atoms with E-state index >= 15 is 0 Å². The van der Waals surface area contributed by atoms with Crippen molar-refractivity contribution in [3.8, 4) is 0 Å². The van der Waals surface area contributed by atoms with Crippen LogP contribution in [0.5, 0.6) is 0 Å². The van der Waals surface area contributed by atoms with Gasteiger partial charge in [0.1, 0.15) is 0 Å². The topological polar surface area (TPSA) is 78.9 Å². The third kappa shape index (κ3) is 3.18. The molecule has 2 N–H and O–H groups in total. The average molecular weight is 224 g/mol. The second-order valence-electron chi connectivity index (χ2n) is 3.22. The Morgan fingerprint density at radius 3 is 2.57 bits per heavy atom. The SMILES string of the molecule is C[C@@H](CO)NS(=O)(=O)N1CCOCC1. The minimum absolute atomic E-state index is 0.205. The molecule has 14 heavy (non-hydrogen) atoms. The summed E-state index contributed by atoms with van der Waals surface area (Å²) < 4.78 is 31.9. The van der Waals surface area contributed by atoms with Crippen molar-refractivity contribution in [2.24, 2.45) is 0 Å². The third-order valence-electron chi connectivity index (χ3n) is 1.93. The second kappa shape index (κ2) is 5.04. The first-order chi connectivity index (χ1) is 6.56. The maximum Gasteiger partial charge on any atom is 0.279 e. The number of hydrogen-bond donors (Lipinski definition) is 2. The van der Waals surface area contributed by atoms with Crippen LogP contribution in [-0.2, 0) is 14.9 Å². The fourth-order valence-electron chi connectivity index (χ4n) is 1.15. The lowest BCUT2D eigenvalue weighted by Gasteiger charge is -2.27. The Morgan fingerprint density at radius 1 is 1.50 bits per heavy atom. The zero-order valence-electron chi connectivity index (χ0n) is 8.14. The standard InChI is InChI=1S/C7H16N2O4S/c1-7(6-10)8-14(11,12)9-2-4-13-5-3-9/h7-8,10H,2-6H2,1H3/t7-/m0/s1. The first-order valence-corrected chi connectivity index (χ1v) is 5.96. The van der Waals surface area contributed by atoms with Gasteiger partial charge >= 0.3 is 0 Å². The van der Waals surface area contributed by atoms with Crippen LogP contribution in [0.1, 0.15) is 6.92 Å². The molecule has 1 aliphatic heterocycles. The second-order valence-corrected chi connectivity index (χ2v) is 4.92. The average Bonchev–Trinajstić information content (AvgIpc) is 2.18. The molecule has 1 rings (SSSR count). The van der Waals surface area contributed by atoms with Gasteiger partial charge in [-0.1, -0.05) is 0 Å². The summed E-state index contributed by atoms with van der Waals surface area (Å²) in [5.74, 6) is 0. The van der Waals surface area contributed by atoms with Gasteiger partial charge in [0.25, 0.3) is 10.2 Å². The summed E-state index contributed by atoms with van der Waals surface area (Å²) in [5.41, 5.74) is 0. The van der Waals surface area contributed by atoms with E-state index in [1.165, 1.54) is 4.31 Å². The molecule has 0 saturated carbocycles. The van der Waals surface area contributed by atoms with E-state index in [9.17, 15) is 8.42 Å². The summed E-state index contributed by atoms with van der Waals surface area (Å²) in [6, 6.07) is -0.456. The Labute approximate surface area is 84.0 Å². The molecule has 0 radical (unpaired) electrons. The van der Waals surface area contributed by atoms with Gasteiger partial charge in [-0.25, -0.2) is 0 Å². The summed E-state index contributed by atoms with van der Waals surface area (Å²) in [6.07, 6.45) is 0. The predicted octanol–water partition coefficient (Wildman–Crippen LogP) is -1.47. The Hall–Kier alpha value is -0.210. The molecule has 1 saturated heterocycles. The fourth-order valence-corrected chi connectivity index (χ4v) is 2.51. The predicted molar refractivity (Wildman–Crippen MR) is 51.0 cm³/mol. The summed E-state index contributed by atoms with van der Waals surface area (Å²) in [5, 5.41) is 8.73. The third-order valence-corrected chi connectivity index (χ3v) is 3.68. The number of aliphatic hydroxyl groups is 1. The molecule has 0 aliphatic carbocycles. The molecule has 7 heteroatoms. The molecule has 0 spiro atoms. The first-order valence-electron chi connectivity index (χ1n) is 4.52. The van der Waals surface area contributed by atoms with Crippen LogP contribution in [-0.4, -0.2) is 56.8 Å². The molecule has 0 aromatic carbocycles.